The molecule has 3 aromatic rings. The lowest BCUT2D eigenvalue weighted by Crippen LogP contribution is -2.25. The third-order valence-electron chi connectivity index (χ3n) is 4.82. The number of para-hydroxylation sites is 2. The van der Waals surface area contributed by atoms with E-state index in [1.54, 1.807) is 29.2 Å². The Morgan fingerprint density at radius 3 is 2.67 bits per heavy atom. The van der Waals surface area contributed by atoms with Crippen LogP contribution >= 0.6 is 11.6 Å². The molecule has 2 aromatic carbocycles. The highest BCUT2D eigenvalue weighted by Gasteiger charge is 2.38. The van der Waals surface area contributed by atoms with Gasteiger partial charge < -0.3 is 14.8 Å². The predicted molar refractivity (Wildman–Crippen MR) is 106 cm³/mol. The number of hydrogen-bond donors (Lipinski definition) is 1. The summed E-state index contributed by atoms with van der Waals surface area (Å²) in [6.07, 6.45) is -3.54. The van der Waals surface area contributed by atoms with Gasteiger partial charge >= 0.3 is 6.18 Å². The smallest absolute Gasteiger partial charge is 0.323 e. The Balaban J connectivity index is 1.61. The molecule has 0 radical (unpaired) electrons. The van der Waals surface area contributed by atoms with E-state index in [2.05, 4.69) is 10.3 Å². The number of alkyl halides is 3. The molecule has 0 atom stereocenters. The first kappa shape index (κ1) is 20.2. The molecule has 0 saturated carbocycles. The Kier molecular flexibility index (Phi) is 5.15. The van der Waals surface area contributed by atoms with Crippen molar-refractivity contribution in [1.29, 1.82) is 0 Å². The number of imidazole rings is 1. The van der Waals surface area contributed by atoms with Crippen LogP contribution in [0.3, 0.4) is 0 Å². The number of benzene rings is 2. The fourth-order valence-electron chi connectivity index (χ4n) is 3.48. The minimum atomic E-state index is -4.72. The second kappa shape index (κ2) is 7.64. The van der Waals surface area contributed by atoms with E-state index in [9.17, 15) is 22.8 Å². The van der Waals surface area contributed by atoms with Crippen LogP contribution in [-0.2, 0) is 22.3 Å². The molecule has 10 heteroatoms. The number of nitrogens with one attached hydrogen (secondary N) is 1. The second-order valence-corrected chi connectivity index (χ2v) is 7.28. The van der Waals surface area contributed by atoms with Crippen LogP contribution in [0.25, 0.3) is 11.0 Å². The monoisotopic (exact) mass is 436 g/mol. The Labute approximate surface area is 174 Å². The molecule has 1 aliphatic rings. The molecule has 4 rings (SSSR count). The molecule has 156 valence electrons. The van der Waals surface area contributed by atoms with Crippen LogP contribution in [0.15, 0.2) is 42.5 Å². The zero-order valence-corrected chi connectivity index (χ0v) is 16.3. The first-order chi connectivity index (χ1) is 14.2. The number of nitrogens with zero attached hydrogens (tertiary/aromatic N) is 3. The lowest BCUT2D eigenvalue weighted by Gasteiger charge is -2.18. The van der Waals surface area contributed by atoms with E-state index in [-0.39, 0.29) is 27.7 Å². The van der Waals surface area contributed by atoms with Crippen LogP contribution in [-0.4, -0.2) is 27.9 Å². The molecular weight excluding hydrogens is 421 g/mol. The van der Waals surface area contributed by atoms with E-state index in [1.807, 2.05) is 0 Å². The number of amides is 2. The highest BCUT2D eigenvalue weighted by atomic mass is 35.5. The molecule has 0 aliphatic carbocycles. The van der Waals surface area contributed by atoms with Gasteiger partial charge in [0.2, 0.25) is 17.6 Å². The van der Waals surface area contributed by atoms with Gasteiger partial charge in [-0.3, -0.25) is 9.59 Å². The van der Waals surface area contributed by atoms with Gasteiger partial charge in [-0.1, -0.05) is 23.7 Å². The molecule has 30 heavy (non-hydrogen) atoms. The van der Waals surface area contributed by atoms with Crippen molar-refractivity contribution in [3.05, 3.63) is 53.3 Å². The summed E-state index contributed by atoms with van der Waals surface area (Å²) in [6.45, 7) is -0.0393. The number of aromatic nitrogens is 2. The van der Waals surface area contributed by atoms with Crippen LogP contribution in [0.2, 0.25) is 5.02 Å². The standard InChI is InChI=1S/C20H16ClF3N4O2/c21-13-8-7-12(27-9-3-6-18(27)30)10-15(13)25-17(29)11-28-16-5-2-1-4-14(16)26-19(28)20(22,23)24/h1-2,4-5,7-8,10H,3,6,9,11H2,(H,25,29). The SMILES string of the molecule is O=C(Cn1c(C(F)(F)F)nc2ccccc21)Nc1cc(N2CCCC2=O)ccc1Cl. The number of hydrogen-bond acceptors (Lipinski definition) is 3. The number of anilines is 2. The molecule has 2 amide bonds. The number of halogens is 4. The van der Waals surface area contributed by atoms with Gasteiger partial charge in [-0.2, -0.15) is 13.2 Å². The highest BCUT2D eigenvalue weighted by Crippen LogP contribution is 2.32. The van der Waals surface area contributed by atoms with Crippen molar-refractivity contribution < 1.29 is 22.8 Å². The summed E-state index contributed by atoms with van der Waals surface area (Å²) < 4.78 is 41.1. The van der Waals surface area contributed by atoms with Gasteiger partial charge in [0.25, 0.3) is 0 Å². The fourth-order valence-corrected chi connectivity index (χ4v) is 3.65. The largest absolute Gasteiger partial charge is 0.449 e. The highest BCUT2D eigenvalue weighted by molar-refractivity contribution is 6.33. The minimum absolute atomic E-state index is 0.0331. The summed E-state index contributed by atoms with van der Waals surface area (Å²) in [5, 5.41) is 2.76. The molecule has 1 saturated heterocycles. The van der Waals surface area contributed by atoms with Crippen molar-refractivity contribution in [3.8, 4) is 0 Å². The number of rotatable bonds is 4. The van der Waals surface area contributed by atoms with E-state index in [0.29, 0.717) is 18.7 Å². The third kappa shape index (κ3) is 3.85. The van der Waals surface area contributed by atoms with Gasteiger partial charge in [0.05, 0.1) is 21.7 Å². The molecule has 1 fully saturated rings. The van der Waals surface area contributed by atoms with Gasteiger partial charge in [-0.15, -0.1) is 0 Å². The van der Waals surface area contributed by atoms with Crippen molar-refractivity contribution in [2.75, 3.05) is 16.8 Å². The normalized spacial score (nSPS) is 14.5. The maximum atomic E-state index is 13.4. The first-order valence-corrected chi connectivity index (χ1v) is 9.54. The van der Waals surface area contributed by atoms with E-state index in [0.717, 1.165) is 11.0 Å². The lowest BCUT2D eigenvalue weighted by atomic mass is 10.2. The predicted octanol–water partition coefficient (Wildman–Crippen LogP) is 4.47. The zero-order valence-electron chi connectivity index (χ0n) is 15.5. The van der Waals surface area contributed by atoms with E-state index in [4.69, 9.17) is 11.6 Å². The van der Waals surface area contributed by atoms with Crippen LogP contribution in [0.1, 0.15) is 18.7 Å². The molecule has 1 N–H and O–H groups in total. The molecule has 6 nitrogen and oxygen atoms in total. The maximum Gasteiger partial charge on any atom is 0.449 e. The van der Waals surface area contributed by atoms with Crippen molar-refractivity contribution in [2.24, 2.45) is 0 Å². The van der Waals surface area contributed by atoms with Crippen molar-refractivity contribution in [1.82, 2.24) is 9.55 Å². The Morgan fingerprint density at radius 1 is 1.20 bits per heavy atom. The van der Waals surface area contributed by atoms with Gasteiger partial charge in [0.15, 0.2) is 0 Å². The van der Waals surface area contributed by atoms with Gasteiger partial charge in [-0.25, -0.2) is 4.98 Å². The van der Waals surface area contributed by atoms with Gasteiger partial charge in [0.1, 0.15) is 6.54 Å². The summed E-state index contributed by atoms with van der Waals surface area (Å²) in [5.74, 6) is -1.88. The number of carbonyl (C=O) groups is 2. The molecular formula is C20H16ClF3N4O2. The van der Waals surface area contributed by atoms with E-state index >= 15 is 0 Å². The topological polar surface area (TPSA) is 67.2 Å². The minimum Gasteiger partial charge on any atom is -0.323 e. The van der Waals surface area contributed by atoms with Crippen LogP contribution in [0, 0.1) is 0 Å². The Bertz CT molecular complexity index is 1140. The number of fused-ring (bicyclic) bond motifs is 1. The summed E-state index contributed by atoms with van der Waals surface area (Å²) in [6, 6.07) is 10.8. The average molecular weight is 437 g/mol. The molecule has 0 spiro atoms. The summed E-state index contributed by atoms with van der Waals surface area (Å²) in [4.78, 5) is 29.7. The van der Waals surface area contributed by atoms with Gasteiger partial charge in [-0.05, 0) is 36.8 Å². The molecule has 1 aromatic heterocycles. The first-order valence-electron chi connectivity index (χ1n) is 9.16. The van der Waals surface area contributed by atoms with Crippen LogP contribution in [0.4, 0.5) is 24.5 Å². The maximum absolute atomic E-state index is 13.4. The lowest BCUT2D eigenvalue weighted by molar-refractivity contribution is -0.147. The summed E-state index contributed by atoms with van der Waals surface area (Å²) in [7, 11) is 0. The Morgan fingerprint density at radius 2 is 1.97 bits per heavy atom. The zero-order chi connectivity index (χ0) is 21.5. The summed E-state index contributed by atoms with van der Waals surface area (Å²) >= 11 is 6.15. The Hall–Kier alpha value is -3.07. The molecule has 2 heterocycles. The molecule has 0 unspecified atom stereocenters. The number of carbonyl (C=O) groups excluding carboxylic acids is 2. The fraction of sp³-hybridized carbons (Fsp3) is 0.250. The van der Waals surface area contributed by atoms with Crippen molar-refractivity contribution >= 4 is 45.8 Å². The van der Waals surface area contributed by atoms with Crippen molar-refractivity contribution in [2.45, 2.75) is 25.6 Å². The van der Waals surface area contributed by atoms with Crippen LogP contribution < -0.4 is 10.2 Å². The van der Waals surface area contributed by atoms with Gasteiger partial charge in [0, 0.05) is 18.7 Å². The molecule has 0 bridgehead atoms. The second-order valence-electron chi connectivity index (χ2n) is 6.87. The molecule has 1 aliphatic heterocycles. The van der Waals surface area contributed by atoms with Crippen molar-refractivity contribution in [3.63, 3.8) is 0 Å². The van der Waals surface area contributed by atoms with Crippen LogP contribution in [0.5, 0.6) is 0 Å². The average Bonchev–Trinajstić information content (AvgIpc) is 3.27. The van der Waals surface area contributed by atoms with E-state index < -0.39 is 24.5 Å². The summed E-state index contributed by atoms with van der Waals surface area (Å²) in [5.41, 5.74) is 1.13. The van der Waals surface area contributed by atoms with E-state index in [1.165, 1.54) is 18.2 Å². The third-order valence-corrected chi connectivity index (χ3v) is 5.15. The quantitative estimate of drug-likeness (QED) is 0.656.